The van der Waals surface area contributed by atoms with E-state index >= 15 is 0 Å². The fraction of sp³-hybridized carbons (Fsp3) is 0.333. The van der Waals surface area contributed by atoms with Crippen molar-refractivity contribution in [2.45, 2.75) is 33.1 Å². The maximum absolute atomic E-state index is 11.1. The van der Waals surface area contributed by atoms with E-state index < -0.39 is 0 Å². The number of benzene rings is 1. The molecule has 0 amide bonds. The third kappa shape index (κ3) is 2.86. The van der Waals surface area contributed by atoms with Crippen molar-refractivity contribution in [1.82, 2.24) is 5.16 Å². The van der Waals surface area contributed by atoms with Crippen molar-refractivity contribution < 1.29 is 9.32 Å². The second-order valence-corrected chi connectivity index (χ2v) is 4.43. The predicted molar refractivity (Wildman–Crippen MR) is 70.6 cm³/mol. The third-order valence-electron chi connectivity index (χ3n) is 2.93. The van der Waals surface area contributed by atoms with Crippen LogP contribution in [-0.4, -0.2) is 10.9 Å². The highest BCUT2D eigenvalue weighted by molar-refractivity contribution is 5.92. The number of aromatic nitrogens is 1. The summed E-state index contributed by atoms with van der Waals surface area (Å²) < 4.78 is 5.16. The first-order valence-electron chi connectivity index (χ1n) is 6.27. The van der Waals surface area contributed by atoms with Crippen LogP contribution in [0.3, 0.4) is 0 Å². The number of ketones is 1. The van der Waals surface area contributed by atoms with E-state index in [0.717, 1.165) is 12.0 Å². The van der Waals surface area contributed by atoms with Gasteiger partial charge in [0.1, 0.15) is 5.69 Å². The van der Waals surface area contributed by atoms with Crippen LogP contribution >= 0.6 is 0 Å². The van der Waals surface area contributed by atoms with Crippen molar-refractivity contribution in [3.05, 3.63) is 41.6 Å². The number of Topliss-reactive ketones (excluding diaryl/α,β-unsaturated/α-hetero) is 1. The fourth-order valence-corrected chi connectivity index (χ4v) is 1.79. The highest BCUT2D eigenvalue weighted by Gasteiger charge is 2.09. The number of carbonyl (C=O) groups excluding carboxylic acids is 1. The molecule has 0 aliphatic heterocycles. The van der Waals surface area contributed by atoms with Gasteiger partial charge in [-0.15, -0.1) is 0 Å². The number of carbonyl (C=O) groups is 1. The molecule has 1 aromatic carbocycles. The van der Waals surface area contributed by atoms with Crippen LogP contribution in [0.2, 0.25) is 0 Å². The lowest BCUT2D eigenvalue weighted by Crippen LogP contribution is -1.89. The Morgan fingerprint density at radius 1 is 1.28 bits per heavy atom. The molecule has 0 saturated carbocycles. The largest absolute Gasteiger partial charge is 0.356 e. The molecule has 94 valence electrons. The number of aryl methyl sites for hydroxylation is 1. The van der Waals surface area contributed by atoms with E-state index in [1.165, 1.54) is 25.3 Å². The highest BCUT2D eigenvalue weighted by atomic mass is 16.5. The number of nitrogens with zero attached hydrogens (tertiary/aromatic N) is 1. The van der Waals surface area contributed by atoms with Crippen LogP contribution in [0.5, 0.6) is 0 Å². The number of rotatable bonds is 5. The maximum atomic E-state index is 11.1. The zero-order valence-corrected chi connectivity index (χ0v) is 10.8. The lowest BCUT2D eigenvalue weighted by Gasteiger charge is -2.00. The molecule has 0 N–H and O–H groups in total. The molecule has 0 aliphatic rings. The van der Waals surface area contributed by atoms with Gasteiger partial charge in [0, 0.05) is 18.6 Å². The molecule has 0 radical (unpaired) electrons. The molecule has 18 heavy (non-hydrogen) atoms. The van der Waals surface area contributed by atoms with Crippen LogP contribution in [0.15, 0.2) is 34.9 Å². The van der Waals surface area contributed by atoms with Gasteiger partial charge in [-0.2, -0.15) is 0 Å². The first-order chi connectivity index (χ1) is 8.70. The molecule has 0 aliphatic carbocycles. The smallest absolute Gasteiger partial charge is 0.181 e. The average Bonchev–Trinajstić information content (AvgIpc) is 2.87. The lowest BCUT2D eigenvalue weighted by molar-refractivity contribution is 0.100. The van der Waals surface area contributed by atoms with Gasteiger partial charge >= 0.3 is 0 Å². The van der Waals surface area contributed by atoms with Crippen LogP contribution < -0.4 is 0 Å². The Labute approximate surface area is 107 Å². The van der Waals surface area contributed by atoms with Crippen LogP contribution in [0.1, 0.15) is 42.7 Å². The Kier molecular flexibility index (Phi) is 3.92. The summed E-state index contributed by atoms with van der Waals surface area (Å²) in [5.74, 6) is 0.562. The second kappa shape index (κ2) is 5.63. The number of hydrogen-bond donors (Lipinski definition) is 0. The first-order valence-corrected chi connectivity index (χ1v) is 6.27. The maximum Gasteiger partial charge on any atom is 0.181 e. The molecule has 3 nitrogen and oxygen atoms in total. The summed E-state index contributed by atoms with van der Waals surface area (Å²) in [6, 6.07) is 9.90. The van der Waals surface area contributed by atoms with E-state index in [4.69, 9.17) is 4.52 Å². The van der Waals surface area contributed by atoms with E-state index in [-0.39, 0.29) is 5.78 Å². The minimum Gasteiger partial charge on any atom is -0.356 e. The molecule has 2 aromatic rings. The predicted octanol–water partition coefficient (Wildman–Crippen LogP) is 3.89. The molecule has 0 saturated heterocycles. The normalized spacial score (nSPS) is 10.6. The topological polar surface area (TPSA) is 43.1 Å². The van der Waals surface area contributed by atoms with Gasteiger partial charge in [0.25, 0.3) is 0 Å². The standard InChI is InChI=1S/C15H17NO2/c1-3-4-5-12-6-8-13(9-7-12)15-10-14(11(2)17)16-18-15/h6-10H,3-5H2,1-2H3. The quantitative estimate of drug-likeness (QED) is 0.748. The Morgan fingerprint density at radius 3 is 2.56 bits per heavy atom. The molecule has 0 atom stereocenters. The van der Waals surface area contributed by atoms with Crippen molar-refractivity contribution in [3.8, 4) is 11.3 Å². The molecule has 1 aromatic heterocycles. The fourth-order valence-electron chi connectivity index (χ4n) is 1.79. The molecule has 1 heterocycles. The number of hydrogen-bond acceptors (Lipinski definition) is 3. The van der Waals surface area contributed by atoms with Gasteiger partial charge in [-0.1, -0.05) is 42.8 Å². The molecule has 3 heteroatoms. The van der Waals surface area contributed by atoms with Crippen molar-refractivity contribution in [2.24, 2.45) is 0 Å². The van der Waals surface area contributed by atoms with Crippen molar-refractivity contribution in [1.29, 1.82) is 0 Å². The van der Waals surface area contributed by atoms with Crippen molar-refractivity contribution >= 4 is 5.78 Å². The van der Waals surface area contributed by atoms with Crippen LogP contribution in [0.25, 0.3) is 11.3 Å². The minimum absolute atomic E-state index is 0.0791. The molecule has 0 bridgehead atoms. The highest BCUT2D eigenvalue weighted by Crippen LogP contribution is 2.21. The van der Waals surface area contributed by atoms with Crippen LogP contribution in [0, 0.1) is 0 Å². The third-order valence-corrected chi connectivity index (χ3v) is 2.93. The molecule has 0 fully saturated rings. The minimum atomic E-state index is -0.0791. The summed E-state index contributed by atoms with van der Waals surface area (Å²) in [7, 11) is 0. The van der Waals surface area contributed by atoms with E-state index in [1.54, 1.807) is 6.07 Å². The molecular weight excluding hydrogens is 226 g/mol. The summed E-state index contributed by atoms with van der Waals surface area (Å²) in [6.45, 7) is 3.67. The Bertz CT molecular complexity index is 526. The van der Waals surface area contributed by atoms with E-state index in [9.17, 15) is 4.79 Å². The van der Waals surface area contributed by atoms with Crippen molar-refractivity contribution in [2.75, 3.05) is 0 Å². The zero-order chi connectivity index (χ0) is 13.0. The van der Waals surface area contributed by atoms with Crippen LogP contribution in [0.4, 0.5) is 0 Å². The lowest BCUT2D eigenvalue weighted by atomic mass is 10.1. The van der Waals surface area contributed by atoms with Gasteiger partial charge in [0.05, 0.1) is 0 Å². The SMILES string of the molecule is CCCCc1ccc(-c2cc(C(C)=O)no2)cc1. The Hall–Kier alpha value is -1.90. The summed E-state index contributed by atoms with van der Waals surface area (Å²) in [6.07, 6.45) is 3.51. The van der Waals surface area contributed by atoms with Crippen molar-refractivity contribution in [3.63, 3.8) is 0 Å². The Balaban J connectivity index is 2.15. The molecule has 2 rings (SSSR count). The van der Waals surface area contributed by atoms with Gasteiger partial charge in [-0.3, -0.25) is 4.79 Å². The van der Waals surface area contributed by atoms with Gasteiger partial charge in [-0.25, -0.2) is 0 Å². The van der Waals surface area contributed by atoms with E-state index in [0.29, 0.717) is 11.5 Å². The first kappa shape index (κ1) is 12.6. The summed E-state index contributed by atoms with van der Waals surface area (Å²) in [5, 5.41) is 3.74. The van der Waals surface area contributed by atoms with E-state index in [1.807, 2.05) is 12.1 Å². The number of unbranched alkanes of at least 4 members (excludes halogenated alkanes) is 1. The summed E-state index contributed by atoms with van der Waals surface area (Å²) in [4.78, 5) is 11.1. The van der Waals surface area contributed by atoms with Gasteiger partial charge < -0.3 is 4.52 Å². The summed E-state index contributed by atoms with van der Waals surface area (Å²) >= 11 is 0. The molecule has 0 spiro atoms. The second-order valence-electron chi connectivity index (χ2n) is 4.43. The van der Waals surface area contributed by atoms with Gasteiger partial charge in [-0.05, 0) is 18.4 Å². The van der Waals surface area contributed by atoms with Crippen LogP contribution in [-0.2, 0) is 6.42 Å². The van der Waals surface area contributed by atoms with Gasteiger partial charge in [0.15, 0.2) is 11.5 Å². The molecule has 0 unspecified atom stereocenters. The van der Waals surface area contributed by atoms with Gasteiger partial charge in [0.2, 0.25) is 0 Å². The average molecular weight is 243 g/mol. The zero-order valence-electron chi connectivity index (χ0n) is 10.8. The van der Waals surface area contributed by atoms with E-state index in [2.05, 4.69) is 24.2 Å². The monoisotopic (exact) mass is 243 g/mol. The Morgan fingerprint density at radius 2 is 2.00 bits per heavy atom. The molecular formula is C15H17NO2. The summed E-state index contributed by atoms with van der Waals surface area (Å²) in [5.41, 5.74) is 2.65.